The summed E-state index contributed by atoms with van der Waals surface area (Å²) in [5.74, 6) is 1.17. The molecule has 0 aliphatic carbocycles. The fourth-order valence-electron chi connectivity index (χ4n) is 2.49. The first-order chi connectivity index (χ1) is 8.23. The van der Waals surface area contributed by atoms with Crippen LogP contribution in [0.5, 0.6) is 0 Å². The van der Waals surface area contributed by atoms with Crippen LogP contribution in [0.3, 0.4) is 0 Å². The largest absolute Gasteiger partial charge is 0.444 e. The van der Waals surface area contributed by atoms with Crippen molar-refractivity contribution in [1.82, 2.24) is 4.90 Å². The van der Waals surface area contributed by atoms with Crippen LogP contribution in [-0.2, 0) is 4.74 Å². The number of rotatable bonds is 3. The summed E-state index contributed by atoms with van der Waals surface area (Å²) in [7, 11) is 0. The molecule has 0 radical (unpaired) electrons. The van der Waals surface area contributed by atoms with E-state index in [1.807, 2.05) is 20.8 Å². The summed E-state index contributed by atoms with van der Waals surface area (Å²) in [6.07, 6.45) is 0.789. The molecule has 4 heteroatoms. The van der Waals surface area contributed by atoms with Gasteiger partial charge in [-0.3, -0.25) is 0 Å². The smallest absolute Gasteiger partial charge is 0.410 e. The summed E-state index contributed by atoms with van der Waals surface area (Å²) in [6.45, 7) is 11.4. The average molecular weight is 257 g/mol. The first kappa shape index (κ1) is 15.3. The number of carbonyl (C=O) groups excluding carboxylic acids is 1. The first-order valence-electron chi connectivity index (χ1n) is 6.81. The zero-order chi connectivity index (χ0) is 13.9. The van der Waals surface area contributed by atoms with Gasteiger partial charge in [0.15, 0.2) is 0 Å². The number of hydrogen-bond acceptors (Lipinski definition) is 3. The molecule has 0 unspecified atom stereocenters. The maximum Gasteiger partial charge on any atom is 0.410 e. The molecule has 0 aromatic rings. The number of ether oxygens (including phenoxy) is 1. The van der Waals surface area contributed by atoms with Gasteiger partial charge in [-0.1, -0.05) is 13.8 Å². The third-order valence-corrected chi connectivity index (χ3v) is 3.24. The van der Waals surface area contributed by atoms with Gasteiger partial charge in [0.2, 0.25) is 0 Å². The van der Waals surface area contributed by atoms with E-state index >= 15 is 0 Å². The lowest BCUT2D eigenvalue weighted by atomic mass is 9.89. The number of aliphatic hydroxyl groups is 1. The van der Waals surface area contributed by atoms with Gasteiger partial charge in [-0.05, 0) is 39.0 Å². The van der Waals surface area contributed by atoms with Crippen LogP contribution in [0.25, 0.3) is 0 Å². The van der Waals surface area contributed by atoms with Gasteiger partial charge in [0.05, 0.1) is 0 Å². The van der Waals surface area contributed by atoms with Crippen molar-refractivity contribution in [2.24, 2.45) is 17.8 Å². The molecule has 2 atom stereocenters. The van der Waals surface area contributed by atoms with E-state index < -0.39 is 5.60 Å². The molecule has 0 aromatic heterocycles. The number of amides is 1. The van der Waals surface area contributed by atoms with Crippen molar-refractivity contribution in [1.29, 1.82) is 0 Å². The van der Waals surface area contributed by atoms with Crippen molar-refractivity contribution in [3.05, 3.63) is 0 Å². The monoisotopic (exact) mass is 257 g/mol. The minimum absolute atomic E-state index is 0.149. The van der Waals surface area contributed by atoms with Crippen molar-refractivity contribution >= 4 is 6.09 Å². The molecule has 1 fully saturated rings. The topological polar surface area (TPSA) is 49.8 Å². The van der Waals surface area contributed by atoms with Gasteiger partial charge in [0.25, 0.3) is 0 Å². The maximum atomic E-state index is 12.0. The highest BCUT2D eigenvalue weighted by molar-refractivity contribution is 5.68. The van der Waals surface area contributed by atoms with Gasteiger partial charge in [0.1, 0.15) is 5.60 Å². The van der Waals surface area contributed by atoms with E-state index in [4.69, 9.17) is 4.74 Å². The Morgan fingerprint density at radius 3 is 2.33 bits per heavy atom. The van der Waals surface area contributed by atoms with Crippen molar-refractivity contribution < 1.29 is 14.6 Å². The van der Waals surface area contributed by atoms with Gasteiger partial charge in [-0.15, -0.1) is 0 Å². The van der Waals surface area contributed by atoms with E-state index in [-0.39, 0.29) is 18.6 Å². The molecule has 4 nitrogen and oxygen atoms in total. The van der Waals surface area contributed by atoms with E-state index in [0.717, 1.165) is 6.42 Å². The highest BCUT2D eigenvalue weighted by Crippen LogP contribution is 2.29. The molecule has 18 heavy (non-hydrogen) atoms. The summed E-state index contributed by atoms with van der Waals surface area (Å²) in [5.41, 5.74) is -0.456. The summed E-state index contributed by atoms with van der Waals surface area (Å²) < 4.78 is 5.37. The summed E-state index contributed by atoms with van der Waals surface area (Å²) >= 11 is 0. The van der Waals surface area contributed by atoms with Crippen LogP contribution in [0.15, 0.2) is 0 Å². The van der Waals surface area contributed by atoms with Crippen LogP contribution in [-0.4, -0.2) is 41.4 Å². The van der Waals surface area contributed by atoms with E-state index in [0.29, 0.717) is 24.9 Å². The molecule has 1 aliphatic heterocycles. The molecule has 1 saturated heterocycles. The molecule has 106 valence electrons. The number of hydrogen-bond donors (Lipinski definition) is 1. The van der Waals surface area contributed by atoms with Crippen molar-refractivity contribution in [3.63, 3.8) is 0 Å². The molecule has 1 amide bonds. The third kappa shape index (κ3) is 4.48. The lowest BCUT2D eigenvalue weighted by Gasteiger charge is -2.24. The Balaban J connectivity index is 2.58. The van der Waals surface area contributed by atoms with Crippen molar-refractivity contribution in [3.8, 4) is 0 Å². The van der Waals surface area contributed by atoms with Crippen LogP contribution in [0.4, 0.5) is 4.79 Å². The lowest BCUT2D eigenvalue weighted by molar-refractivity contribution is 0.0280. The Labute approximate surface area is 110 Å². The number of nitrogens with zero attached hydrogens (tertiary/aromatic N) is 1. The lowest BCUT2D eigenvalue weighted by Crippen LogP contribution is -2.35. The molecular formula is C14H27NO3. The second-order valence-corrected chi connectivity index (χ2v) is 6.72. The predicted molar refractivity (Wildman–Crippen MR) is 71.3 cm³/mol. The molecule has 1 aliphatic rings. The number of aliphatic hydroxyl groups excluding tert-OH is 1. The second-order valence-electron chi connectivity index (χ2n) is 6.72. The zero-order valence-electron chi connectivity index (χ0n) is 12.3. The Bertz CT molecular complexity index is 283. The molecule has 1 heterocycles. The highest BCUT2D eigenvalue weighted by Gasteiger charge is 2.36. The first-order valence-corrected chi connectivity index (χ1v) is 6.81. The molecule has 0 aromatic carbocycles. The Hall–Kier alpha value is -0.770. The molecule has 0 spiro atoms. The fraction of sp³-hybridized carbons (Fsp3) is 0.929. The van der Waals surface area contributed by atoms with Crippen LogP contribution in [0.2, 0.25) is 0 Å². The van der Waals surface area contributed by atoms with Crippen LogP contribution >= 0.6 is 0 Å². The SMILES string of the molecule is CC(C)C[C@@H]1CN(C(=O)OC(C)(C)C)C[C@@H]1CO. The van der Waals surface area contributed by atoms with Crippen molar-refractivity contribution in [2.45, 2.75) is 46.6 Å². The zero-order valence-corrected chi connectivity index (χ0v) is 12.3. The van der Waals surface area contributed by atoms with E-state index in [1.165, 1.54) is 0 Å². The van der Waals surface area contributed by atoms with E-state index in [1.54, 1.807) is 4.90 Å². The number of likely N-dealkylation sites (tertiary alicyclic amines) is 1. The van der Waals surface area contributed by atoms with Gasteiger partial charge < -0.3 is 14.7 Å². The summed E-state index contributed by atoms with van der Waals surface area (Å²) in [5, 5.41) is 9.40. The molecular weight excluding hydrogens is 230 g/mol. The quantitative estimate of drug-likeness (QED) is 0.845. The normalized spacial score (nSPS) is 24.7. The minimum atomic E-state index is -0.456. The highest BCUT2D eigenvalue weighted by atomic mass is 16.6. The Morgan fingerprint density at radius 1 is 1.33 bits per heavy atom. The van der Waals surface area contributed by atoms with Gasteiger partial charge in [-0.2, -0.15) is 0 Å². The Morgan fingerprint density at radius 2 is 1.89 bits per heavy atom. The van der Waals surface area contributed by atoms with Crippen LogP contribution in [0.1, 0.15) is 41.0 Å². The van der Waals surface area contributed by atoms with Crippen LogP contribution in [0, 0.1) is 17.8 Å². The summed E-state index contributed by atoms with van der Waals surface area (Å²) in [6, 6.07) is 0. The van der Waals surface area contributed by atoms with Crippen LogP contribution < -0.4 is 0 Å². The fourth-order valence-corrected chi connectivity index (χ4v) is 2.49. The second kappa shape index (κ2) is 5.91. The molecule has 1 rings (SSSR count). The third-order valence-electron chi connectivity index (χ3n) is 3.24. The van der Waals surface area contributed by atoms with Gasteiger partial charge in [-0.25, -0.2) is 4.79 Å². The Kier molecular flexibility index (Phi) is 5.02. The van der Waals surface area contributed by atoms with Crippen molar-refractivity contribution in [2.75, 3.05) is 19.7 Å². The molecule has 0 bridgehead atoms. The molecule has 0 saturated carbocycles. The predicted octanol–water partition coefficient (Wildman–Crippen LogP) is 2.51. The summed E-state index contributed by atoms with van der Waals surface area (Å²) in [4.78, 5) is 13.7. The van der Waals surface area contributed by atoms with E-state index in [2.05, 4.69) is 13.8 Å². The van der Waals surface area contributed by atoms with E-state index in [9.17, 15) is 9.90 Å². The minimum Gasteiger partial charge on any atom is -0.444 e. The number of carbonyl (C=O) groups is 1. The average Bonchev–Trinajstić information content (AvgIpc) is 2.57. The maximum absolute atomic E-state index is 12.0. The standard InChI is InChI=1S/C14H27NO3/c1-10(2)6-11-7-15(8-12(11)9-16)13(17)18-14(3,4)5/h10-12,16H,6-9H2,1-5H3/t11-,12-/m1/s1. The van der Waals surface area contributed by atoms with Gasteiger partial charge >= 0.3 is 6.09 Å². The van der Waals surface area contributed by atoms with Gasteiger partial charge in [0, 0.05) is 25.6 Å². The molecule has 1 N–H and O–H groups in total.